The zero-order valence-electron chi connectivity index (χ0n) is 9.90. The third kappa shape index (κ3) is 2.77. The smallest absolute Gasteiger partial charge is 0.290 e. The number of amides is 1. The molecule has 6 nitrogen and oxygen atoms in total. The summed E-state index contributed by atoms with van der Waals surface area (Å²) in [5, 5.41) is 6.78. The van der Waals surface area contributed by atoms with E-state index in [0.29, 0.717) is 25.5 Å². The van der Waals surface area contributed by atoms with Gasteiger partial charge in [0.15, 0.2) is 0 Å². The van der Waals surface area contributed by atoms with Crippen LogP contribution >= 0.6 is 0 Å². The fourth-order valence-corrected chi connectivity index (χ4v) is 1.56. The Kier molecular flexibility index (Phi) is 3.32. The molecule has 0 fully saturated rings. The zero-order chi connectivity index (χ0) is 12.3. The van der Waals surface area contributed by atoms with Crippen molar-refractivity contribution in [3.8, 4) is 0 Å². The van der Waals surface area contributed by atoms with E-state index < -0.39 is 0 Å². The minimum atomic E-state index is -0.258. The molecule has 2 rings (SSSR count). The molecule has 17 heavy (non-hydrogen) atoms. The Morgan fingerprint density at radius 2 is 2.29 bits per heavy atom. The molecule has 1 aromatic rings. The Morgan fingerprint density at radius 3 is 2.94 bits per heavy atom. The molecule has 1 amide bonds. The standard InChI is InChI=1S/C11H15N3O3/c1-8-10(17-4-3-16-8)11(15)12-5-9-6-13-14(2)7-9/h6-7H,3-5H2,1-2H3,(H,12,15). The first-order valence-electron chi connectivity index (χ1n) is 5.39. The van der Waals surface area contributed by atoms with Crippen LogP contribution in [0.15, 0.2) is 23.9 Å². The first kappa shape index (κ1) is 11.5. The van der Waals surface area contributed by atoms with Crippen molar-refractivity contribution in [2.75, 3.05) is 13.2 Å². The number of aryl methyl sites for hydroxylation is 1. The van der Waals surface area contributed by atoms with E-state index in [9.17, 15) is 4.79 Å². The lowest BCUT2D eigenvalue weighted by Crippen LogP contribution is -2.29. The number of carbonyl (C=O) groups excluding carboxylic acids is 1. The van der Waals surface area contributed by atoms with Gasteiger partial charge in [0, 0.05) is 25.4 Å². The highest BCUT2D eigenvalue weighted by molar-refractivity contribution is 5.91. The van der Waals surface area contributed by atoms with Gasteiger partial charge < -0.3 is 14.8 Å². The number of hydrogen-bond donors (Lipinski definition) is 1. The first-order valence-corrected chi connectivity index (χ1v) is 5.39. The molecule has 0 aromatic carbocycles. The minimum absolute atomic E-state index is 0.258. The maximum atomic E-state index is 11.8. The van der Waals surface area contributed by atoms with Crippen molar-refractivity contribution in [1.29, 1.82) is 0 Å². The summed E-state index contributed by atoms with van der Waals surface area (Å²) >= 11 is 0. The van der Waals surface area contributed by atoms with Gasteiger partial charge in [-0.15, -0.1) is 0 Å². The summed E-state index contributed by atoms with van der Waals surface area (Å²) in [4.78, 5) is 11.8. The summed E-state index contributed by atoms with van der Waals surface area (Å²) in [6.45, 7) is 3.04. The Labute approximate surface area is 99.2 Å². The predicted molar refractivity (Wildman–Crippen MR) is 59.7 cm³/mol. The van der Waals surface area contributed by atoms with Gasteiger partial charge >= 0.3 is 0 Å². The van der Waals surface area contributed by atoms with Gasteiger partial charge in [-0.1, -0.05) is 0 Å². The van der Waals surface area contributed by atoms with Crippen molar-refractivity contribution in [3.05, 3.63) is 29.5 Å². The van der Waals surface area contributed by atoms with Gasteiger partial charge in [0.25, 0.3) is 5.91 Å². The van der Waals surface area contributed by atoms with Crippen LogP contribution in [-0.4, -0.2) is 28.9 Å². The molecule has 6 heteroatoms. The van der Waals surface area contributed by atoms with Gasteiger partial charge in [-0.2, -0.15) is 5.10 Å². The van der Waals surface area contributed by atoms with Crippen molar-refractivity contribution in [2.24, 2.45) is 7.05 Å². The van der Waals surface area contributed by atoms with Crippen molar-refractivity contribution in [2.45, 2.75) is 13.5 Å². The second kappa shape index (κ2) is 4.90. The average molecular weight is 237 g/mol. The molecular formula is C11H15N3O3. The highest BCUT2D eigenvalue weighted by atomic mass is 16.6. The van der Waals surface area contributed by atoms with Gasteiger partial charge in [0.1, 0.15) is 19.0 Å². The second-order valence-corrected chi connectivity index (χ2v) is 3.79. The van der Waals surface area contributed by atoms with Crippen LogP contribution in [0.3, 0.4) is 0 Å². The van der Waals surface area contributed by atoms with Crippen LogP contribution in [0.2, 0.25) is 0 Å². The van der Waals surface area contributed by atoms with Gasteiger partial charge in [-0.25, -0.2) is 0 Å². The molecule has 0 unspecified atom stereocenters. The Bertz CT molecular complexity index is 451. The van der Waals surface area contributed by atoms with E-state index in [4.69, 9.17) is 9.47 Å². The molecule has 2 heterocycles. The van der Waals surface area contributed by atoms with Crippen LogP contribution in [0.1, 0.15) is 12.5 Å². The van der Waals surface area contributed by atoms with E-state index in [1.54, 1.807) is 17.8 Å². The van der Waals surface area contributed by atoms with E-state index >= 15 is 0 Å². The lowest BCUT2D eigenvalue weighted by atomic mass is 10.3. The predicted octanol–water partition coefficient (Wildman–Crippen LogP) is 0.315. The summed E-state index contributed by atoms with van der Waals surface area (Å²) in [5.74, 6) is 0.533. The fourth-order valence-electron chi connectivity index (χ4n) is 1.56. The van der Waals surface area contributed by atoms with E-state index in [1.807, 2.05) is 13.2 Å². The van der Waals surface area contributed by atoms with Crippen LogP contribution in [0.5, 0.6) is 0 Å². The molecule has 0 bridgehead atoms. The Hall–Kier alpha value is -1.98. The molecule has 0 saturated heterocycles. The molecule has 1 aliphatic heterocycles. The molecule has 0 saturated carbocycles. The molecule has 0 atom stereocenters. The van der Waals surface area contributed by atoms with Crippen LogP contribution in [0.25, 0.3) is 0 Å². The number of nitrogens with one attached hydrogen (secondary N) is 1. The van der Waals surface area contributed by atoms with E-state index in [1.165, 1.54) is 0 Å². The lowest BCUT2D eigenvalue weighted by Gasteiger charge is -2.19. The maximum absolute atomic E-state index is 11.8. The van der Waals surface area contributed by atoms with Gasteiger partial charge in [0.05, 0.1) is 6.20 Å². The van der Waals surface area contributed by atoms with Gasteiger partial charge in [-0.05, 0) is 6.92 Å². The number of hydrogen-bond acceptors (Lipinski definition) is 4. The van der Waals surface area contributed by atoms with E-state index in [2.05, 4.69) is 10.4 Å². The number of ether oxygens (including phenoxy) is 2. The van der Waals surface area contributed by atoms with Gasteiger partial charge in [0.2, 0.25) is 5.76 Å². The van der Waals surface area contributed by atoms with Crippen LogP contribution in [-0.2, 0) is 27.9 Å². The first-order chi connectivity index (χ1) is 8.16. The van der Waals surface area contributed by atoms with Crippen molar-refractivity contribution in [3.63, 3.8) is 0 Å². The molecule has 0 spiro atoms. The maximum Gasteiger partial charge on any atom is 0.290 e. The van der Waals surface area contributed by atoms with Crippen LogP contribution in [0, 0.1) is 0 Å². The summed E-state index contributed by atoms with van der Waals surface area (Å²) in [6, 6.07) is 0. The summed E-state index contributed by atoms with van der Waals surface area (Å²) in [6.07, 6.45) is 3.56. The summed E-state index contributed by atoms with van der Waals surface area (Å²) in [7, 11) is 1.83. The number of aromatic nitrogens is 2. The highest BCUT2D eigenvalue weighted by Crippen LogP contribution is 2.12. The topological polar surface area (TPSA) is 65.4 Å². The Morgan fingerprint density at radius 1 is 1.53 bits per heavy atom. The van der Waals surface area contributed by atoms with E-state index in [0.717, 1.165) is 5.56 Å². The third-order valence-corrected chi connectivity index (χ3v) is 2.39. The van der Waals surface area contributed by atoms with E-state index in [-0.39, 0.29) is 11.7 Å². The summed E-state index contributed by atoms with van der Waals surface area (Å²) < 4.78 is 12.2. The zero-order valence-corrected chi connectivity index (χ0v) is 9.90. The quantitative estimate of drug-likeness (QED) is 0.822. The molecule has 1 aromatic heterocycles. The SMILES string of the molecule is CC1=C(C(=O)NCc2cnn(C)c2)OCCO1. The van der Waals surface area contributed by atoms with Crippen molar-refractivity contribution in [1.82, 2.24) is 15.1 Å². The normalized spacial score (nSPS) is 15.2. The van der Waals surface area contributed by atoms with Crippen molar-refractivity contribution >= 4 is 5.91 Å². The highest BCUT2D eigenvalue weighted by Gasteiger charge is 2.19. The third-order valence-electron chi connectivity index (χ3n) is 2.39. The minimum Gasteiger partial charge on any atom is -0.491 e. The number of allylic oxidation sites excluding steroid dienone is 1. The van der Waals surface area contributed by atoms with Crippen LogP contribution in [0.4, 0.5) is 0 Å². The number of nitrogens with zero attached hydrogens (tertiary/aromatic N) is 2. The molecular weight excluding hydrogens is 222 g/mol. The molecule has 92 valence electrons. The number of rotatable bonds is 3. The Balaban J connectivity index is 1.93. The monoisotopic (exact) mass is 237 g/mol. The average Bonchev–Trinajstić information content (AvgIpc) is 2.73. The summed E-state index contributed by atoms with van der Waals surface area (Å²) in [5.41, 5.74) is 0.941. The molecule has 0 aliphatic carbocycles. The van der Waals surface area contributed by atoms with Crippen LogP contribution < -0.4 is 5.32 Å². The van der Waals surface area contributed by atoms with Gasteiger partial charge in [-0.3, -0.25) is 9.48 Å². The number of carbonyl (C=O) groups is 1. The lowest BCUT2D eigenvalue weighted by molar-refractivity contribution is -0.122. The fraction of sp³-hybridized carbons (Fsp3) is 0.455. The molecule has 1 N–H and O–H groups in total. The second-order valence-electron chi connectivity index (χ2n) is 3.79. The molecule has 0 radical (unpaired) electrons. The van der Waals surface area contributed by atoms with Crippen molar-refractivity contribution < 1.29 is 14.3 Å². The largest absolute Gasteiger partial charge is 0.491 e. The molecule has 1 aliphatic rings.